The van der Waals surface area contributed by atoms with Gasteiger partial charge in [0.15, 0.2) is 0 Å². The molecule has 188 valence electrons. The number of halogens is 1. The summed E-state index contributed by atoms with van der Waals surface area (Å²) in [6, 6.07) is 13.7. The van der Waals surface area contributed by atoms with Gasteiger partial charge in [-0.15, -0.1) is 0 Å². The second kappa shape index (κ2) is 10.1. The molecule has 0 saturated carbocycles. The number of hydrogen-bond donors (Lipinski definition) is 2. The summed E-state index contributed by atoms with van der Waals surface area (Å²) in [6.45, 7) is 16.0. The topological polar surface area (TPSA) is 39.7 Å². The molecule has 4 nitrogen and oxygen atoms in total. The molecule has 3 heterocycles. The van der Waals surface area contributed by atoms with Crippen LogP contribution in [0.2, 0.25) is 0 Å². The third kappa shape index (κ3) is 4.94. The van der Waals surface area contributed by atoms with E-state index in [2.05, 4.69) is 82.8 Å². The van der Waals surface area contributed by atoms with Gasteiger partial charge in [-0.3, -0.25) is 4.99 Å². The molecule has 1 unspecified atom stereocenters. The fraction of sp³-hybridized carbons (Fsp3) is 0.219. The second-order valence-corrected chi connectivity index (χ2v) is 9.92. The van der Waals surface area contributed by atoms with Gasteiger partial charge in [0.25, 0.3) is 0 Å². The van der Waals surface area contributed by atoms with Crippen molar-refractivity contribution in [3.05, 3.63) is 138 Å². The molecular formula is C32H33FN4. The van der Waals surface area contributed by atoms with E-state index in [0.717, 1.165) is 46.6 Å². The molecule has 2 atom stereocenters. The quantitative estimate of drug-likeness (QED) is 0.502. The summed E-state index contributed by atoms with van der Waals surface area (Å²) in [5.41, 5.74) is 6.39. The van der Waals surface area contributed by atoms with Crippen LogP contribution in [0.25, 0.3) is 5.70 Å². The average Bonchev–Trinajstić information content (AvgIpc) is 3.32. The zero-order valence-electron chi connectivity index (χ0n) is 21.3. The lowest BCUT2D eigenvalue weighted by Crippen LogP contribution is -2.46. The third-order valence-corrected chi connectivity index (χ3v) is 7.41. The van der Waals surface area contributed by atoms with Crippen LogP contribution >= 0.6 is 0 Å². The Labute approximate surface area is 219 Å². The number of benzene rings is 2. The minimum absolute atomic E-state index is 0.246. The maximum atomic E-state index is 13.9. The first kappa shape index (κ1) is 24.6. The Balaban J connectivity index is 1.42. The first-order chi connectivity index (χ1) is 17.9. The second-order valence-electron chi connectivity index (χ2n) is 9.92. The normalized spacial score (nSPS) is 27.4. The summed E-state index contributed by atoms with van der Waals surface area (Å²) < 4.78 is 13.9. The van der Waals surface area contributed by atoms with Crippen molar-refractivity contribution in [3.63, 3.8) is 0 Å². The zero-order chi connectivity index (χ0) is 26.0. The highest BCUT2D eigenvalue weighted by Crippen LogP contribution is 2.40. The van der Waals surface area contributed by atoms with E-state index in [9.17, 15) is 4.39 Å². The fourth-order valence-electron chi connectivity index (χ4n) is 5.38. The predicted octanol–water partition coefficient (Wildman–Crippen LogP) is 6.65. The zero-order valence-corrected chi connectivity index (χ0v) is 21.3. The molecule has 0 bridgehead atoms. The molecule has 37 heavy (non-hydrogen) atoms. The molecule has 0 radical (unpaired) electrons. The van der Waals surface area contributed by atoms with Crippen LogP contribution in [-0.4, -0.2) is 17.7 Å². The number of fused-ring (bicyclic) bond motifs is 1. The molecule has 3 aliphatic rings. The van der Waals surface area contributed by atoms with Gasteiger partial charge in [0.2, 0.25) is 0 Å². The number of nitrogens with one attached hydrogen (secondary N) is 2. The fourth-order valence-corrected chi connectivity index (χ4v) is 5.38. The largest absolute Gasteiger partial charge is 0.364 e. The SMILES string of the molecule is C=C1NC(=C)[C@@](CN2Cc3ccc(F)cc3C2=C)(c2ccc(C3/C=C/C=C\C=N\C(C)=C\CC3)cc2)N1. The van der Waals surface area contributed by atoms with Gasteiger partial charge in [-0.25, -0.2) is 4.39 Å². The van der Waals surface area contributed by atoms with E-state index in [1.165, 1.54) is 11.6 Å². The van der Waals surface area contributed by atoms with Crippen molar-refractivity contribution in [1.82, 2.24) is 15.5 Å². The number of allylic oxidation sites excluding steroid dienone is 6. The average molecular weight is 493 g/mol. The molecule has 2 N–H and O–H groups in total. The molecule has 2 aromatic rings. The Morgan fingerprint density at radius 1 is 1.08 bits per heavy atom. The Morgan fingerprint density at radius 3 is 2.65 bits per heavy atom. The Bertz CT molecular complexity index is 1360. The third-order valence-electron chi connectivity index (χ3n) is 7.41. The lowest BCUT2D eigenvalue weighted by atomic mass is 9.85. The van der Waals surface area contributed by atoms with E-state index >= 15 is 0 Å². The van der Waals surface area contributed by atoms with Crippen LogP contribution in [0.4, 0.5) is 4.39 Å². The molecule has 5 rings (SSSR count). The molecule has 0 amide bonds. The van der Waals surface area contributed by atoms with Gasteiger partial charge in [-0.05, 0) is 54.7 Å². The van der Waals surface area contributed by atoms with Gasteiger partial charge in [-0.2, -0.15) is 0 Å². The highest BCUT2D eigenvalue weighted by Gasteiger charge is 2.43. The Kier molecular flexibility index (Phi) is 6.70. The number of rotatable bonds is 4. The minimum Gasteiger partial charge on any atom is -0.364 e. The minimum atomic E-state index is -0.594. The van der Waals surface area contributed by atoms with E-state index in [1.54, 1.807) is 6.07 Å². The van der Waals surface area contributed by atoms with Crippen molar-refractivity contribution < 1.29 is 4.39 Å². The summed E-state index contributed by atoms with van der Waals surface area (Å²) in [4.78, 5) is 6.61. The number of hydrogen-bond acceptors (Lipinski definition) is 4. The van der Waals surface area contributed by atoms with E-state index in [1.807, 2.05) is 31.4 Å². The van der Waals surface area contributed by atoms with E-state index < -0.39 is 5.54 Å². The van der Waals surface area contributed by atoms with Crippen molar-refractivity contribution in [2.24, 2.45) is 4.99 Å². The van der Waals surface area contributed by atoms with Crippen LogP contribution in [0.3, 0.4) is 0 Å². The summed E-state index contributed by atoms with van der Waals surface area (Å²) in [6.07, 6.45) is 14.3. The van der Waals surface area contributed by atoms with Crippen LogP contribution in [0.15, 0.2) is 115 Å². The highest BCUT2D eigenvalue weighted by atomic mass is 19.1. The first-order valence-corrected chi connectivity index (χ1v) is 12.7. The van der Waals surface area contributed by atoms with E-state index in [0.29, 0.717) is 24.8 Å². The molecule has 5 heteroatoms. The van der Waals surface area contributed by atoms with Gasteiger partial charge in [-0.1, -0.05) is 74.4 Å². The maximum Gasteiger partial charge on any atom is 0.123 e. The first-order valence-electron chi connectivity index (χ1n) is 12.7. The summed E-state index contributed by atoms with van der Waals surface area (Å²) in [7, 11) is 0. The van der Waals surface area contributed by atoms with Crippen LogP contribution < -0.4 is 10.6 Å². The van der Waals surface area contributed by atoms with Crippen molar-refractivity contribution in [2.45, 2.75) is 37.8 Å². The van der Waals surface area contributed by atoms with E-state index in [4.69, 9.17) is 0 Å². The van der Waals surface area contributed by atoms with Crippen LogP contribution in [-0.2, 0) is 12.1 Å². The van der Waals surface area contributed by atoms with Crippen LogP contribution in [0, 0.1) is 5.82 Å². The number of aliphatic imine (C=N–C) groups is 1. The molecule has 1 fully saturated rings. The lowest BCUT2D eigenvalue weighted by Gasteiger charge is -2.36. The maximum absolute atomic E-state index is 13.9. The van der Waals surface area contributed by atoms with Crippen LogP contribution in [0.5, 0.6) is 0 Å². The number of nitrogens with zero attached hydrogens (tertiary/aromatic N) is 2. The molecule has 0 aliphatic carbocycles. The van der Waals surface area contributed by atoms with Crippen molar-refractivity contribution in [1.29, 1.82) is 0 Å². The Hall–Kier alpha value is -4.12. The Morgan fingerprint density at radius 2 is 1.89 bits per heavy atom. The molecule has 0 spiro atoms. The summed E-state index contributed by atoms with van der Waals surface area (Å²) in [5.74, 6) is 0.765. The van der Waals surface area contributed by atoms with Crippen LogP contribution in [0.1, 0.15) is 47.9 Å². The van der Waals surface area contributed by atoms with Gasteiger partial charge in [0, 0.05) is 41.3 Å². The molecule has 2 aromatic carbocycles. The smallest absolute Gasteiger partial charge is 0.123 e. The summed E-state index contributed by atoms with van der Waals surface area (Å²) in [5, 5.41) is 6.84. The monoisotopic (exact) mass is 492 g/mol. The molecule has 1 saturated heterocycles. The van der Waals surface area contributed by atoms with Gasteiger partial charge < -0.3 is 15.5 Å². The lowest BCUT2D eigenvalue weighted by molar-refractivity contribution is 0.303. The van der Waals surface area contributed by atoms with Gasteiger partial charge in [0.05, 0.1) is 12.4 Å². The van der Waals surface area contributed by atoms with E-state index in [-0.39, 0.29) is 5.82 Å². The molecule has 0 aromatic heterocycles. The van der Waals surface area contributed by atoms with Crippen molar-refractivity contribution in [3.8, 4) is 0 Å². The standard InChI is InChI=1S/C32H33FN4/c1-22-9-8-11-26(10-6-5-7-18-34-22)27-12-15-29(16-13-27)32(24(3)35-25(4)36-32)21-37-20-28-14-17-30(33)19-31(28)23(37)2/h5-7,9-10,12-19,26,35-36H,2-4,8,11,20-21H2,1H3/b7-5-,10-6+,22-9+,34-18+/t26?,32-/m0/s1. The predicted molar refractivity (Wildman–Crippen MR) is 151 cm³/mol. The highest BCUT2D eigenvalue weighted by molar-refractivity contribution is 5.72. The molecular weight excluding hydrogens is 459 g/mol. The van der Waals surface area contributed by atoms with Crippen molar-refractivity contribution >= 4 is 11.9 Å². The molecule has 3 aliphatic heterocycles. The van der Waals surface area contributed by atoms with Crippen molar-refractivity contribution in [2.75, 3.05) is 6.54 Å². The van der Waals surface area contributed by atoms with Gasteiger partial charge >= 0.3 is 0 Å². The summed E-state index contributed by atoms with van der Waals surface area (Å²) >= 11 is 0. The van der Waals surface area contributed by atoms with Gasteiger partial charge in [0.1, 0.15) is 11.4 Å².